The maximum atomic E-state index is 14.4. The van der Waals surface area contributed by atoms with Gasteiger partial charge in [-0.15, -0.1) is 0 Å². The molecule has 0 amide bonds. The van der Waals surface area contributed by atoms with Crippen molar-refractivity contribution in [3.63, 3.8) is 0 Å². The van der Waals surface area contributed by atoms with Crippen molar-refractivity contribution in [1.82, 2.24) is 9.78 Å². The molecule has 1 aliphatic rings. The number of para-hydroxylation sites is 1. The van der Waals surface area contributed by atoms with Gasteiger partial charge in [0.25, 0.3) is 0 Å². The molecule has 1 heterocycles. The number of hydrogen-bond donors (Lipinski definition) is 0. The van der Waals surface area contributed by atoms with Gasteiger partial charge in [0.1, 0.15) is 11.5 Å². The number of ketones is 1. The Balaban J connectivity index is 1.85. The van der Waals surface area contributed by atoms with Crippen LogP contribution in [0.15, 0.2) is 54.6 Å². The van der Waals surface area contributed by atoms with Crippen molar-refractivity contribution in [2.45, 2.75) is 38.5 Å². The molecule has 1 atom stereocenters. The van der Waals surface area contributed by atoms with Crippen LogP contribution >= 0.6 is 0 Å². The summed E-state index contributed by atoms with van der Waals surface area (Å²) in [7, 11) is 0. The van der Waals surface area contributed by atoms with Crippen molar-refractivity contribution in [3.05, 3.63) is 82.9 Å². The molecule has 26 heavy (non-hydrogen) atoms. The second-order valence-electron chi connectivity index (χ2n) is 6.82. The number of carbonyl (C=O) groups is 1. The molecule has 3 aromatic rings. The van der Waals surface area contributed by atoms with Crippen molar-refractivity contribution in [2.75, 3.05) is 0 Å². The van der Waals surface area contributed by atoms with E-state index in [4.69, 9.17) is 0 Å². The summed E-state index contributed by atoms with van der Waals surface area (Å²) in [6, 6.07) is 16.7. The molecule has 0 saturated heterocycles. The monoisotopic (exact) mass is 348 g/mol. The number of benzene rings is 2. The number of fused-ring (bicyclic) bond motifs is 1. The van der Waals surface area contributed by atoms with Crippen LogP contribution in [0.25, 0.3) is 5.69 Å². The Bertz CT molecular complexity index is 946. The van der Waals surface area contributed by atoms with Crippen LogP contribution < -0.4 is 0 Å². The Morgan fingerprint density at radius 1 is 1.08 bits per heavy atom. The van der Waals surface area contributed by atoms with E-state index in [2.05, 4.69) is 24.2 Å². The fraction of sp³-hybridized carbons (Fsp3) is 0.273. The number of rotatable bonds is 4. The van der Waals surface area contributed by atoms with Crippen LogP contribution in [0.5, 0.6) is 0 Å². The Morgan fingerprint density at radius 2 is 1.81 bits per heavy atom. The molecule has 0 unspecified atom stereocenters. The smallest absolute Gasteiger partial charge is 0.167 e. The van der Waals surface area contributed by atoms with E-state index in [1.807, 2.05) is 18.2 Å². The number of carbonyl (C=O) groups excluding carboxylic acids is 1. The highest BCUT2D eigenvalue weighted by Gasteiger charge is 2.33. The van der Waals surface area contributed by atoms with Gasteiger partial charge in [-0.2, -0.15) is 5.10 Å². The van der Waals surface area contributed by atoms with Crippen LogP contribution in [0.4, 0.5) is 4.39 Å². The third-order valence-electron chi connectivity index (χ3n) is 5.04. The third kappa shape index (κ3) is 2.85. The highest BCUT2D eigenvalue weighted by Crippen LogP contribution is 2.36. The summed E-state index contributed by atoms with van der Waals surface area (Å²) in [4.78, 5) is 12.9. The fourth-order valence-corrected chi connectivity index (χ4v) is 3.84. The number of aromatic nitrogens is 2. The van der Waals surface area contributed by atoms with Crippen LogP contribution in [-0.4, -0.2) is 15.6 Å². The molecule has 1 aliphatic carbocycles. The lowest BCUT2D eigenvalue weighted by Crippen LogP contribution is -2.21. The zero-order chi connectivity index (χ0) is 18.1. The standard InChI is InChI=1S/C22H21FN2O/c1-2-8-18-22-20(25(24-18)19-12-7-6-11-17(19)23)13-16(14-21(22)26)15-9-4-3-5-10-15/h3-7,9-12,16H,2,8,13-14H2,1H3/t16-/m0/s1. The summed E-state index contributed by atoms with van der Waals surface area (Å²) in [5, 5.41) is 4.65. The largest absolute Gasteiger partial charge is 0.294 e. The van der Waals surface area contributed by atoms with E-state index in [0.717, 1.165) is 29.8 Å². The van der Waals surface area contributed by atoms with Gasteiger partial charge in [0.05, 0.1) is 17.0 Å². The molecule has 4 rings (SSSR count). The molecule has 0 saturated carbocycles. The minimum absolute atomic E-state index is 0.105. The summed E-state index contributed by atoms with van der Waals surface area (Å²) < 4.78 is 16.1. The first-order valence-corrected chi connectivity index (χ1v) is 9.12. The van der Waals surface area contributed by atoms with Gasteiger partial charge in [0.2, 0.25) is 0 Å². The summed E-state index contributed by atoms with van der Waals surface area (Å²) in [5.74, 6) is -0.103. The number of aryl methyl sites for hydroxylation is 1. The third-order valence-corrected chi connectivity index (χ3v) is 5.04. The summed E-state index contributed by atoms with van der Waals surface area (Å²) in [6.45, 7) is 2.06. The van der Waals surface area contributed by atoms with Crippen LogP contribution in [0.3, 0.4) is 0 Å². The zero-order valence-electron chi connectivity index (χ0n) is 14.8. The molecule has 0 aliphatic heterocycles. The molecular weight excluding hydrogens is 327 g/mol. The molecule has 4 heteroatoms. The van der Waals surface area contributed by atoms with Gasteiger partial charge in [0, 0.05) is 6.42 Å². The van der Waals surface area contributed by atoms with Crippen LogP contribution in [-0.2, 0) is 12.8 Å². The van der Waals surface area contributed by atoms with Gasteiger partial charge >= 0.3 is 0 Å². The van der Waals surface area contributed by atoms with E-state index in [-0.39, 0.29) is 17.5 Å². The highest BCUT2D eigenvalue weighted by atomic mass is 19.1. The topological polar surface area (TPSA) is 34.9 Å². The first-order chi connectivity index (χ1) is 12.7. The second-order valence-corrected chi connectivity index (χ2v) is 6.82. The SMILES string of the molecule is CCCc1nn(-c2ccccc2F)c2c1C(=O)C[C@@H](c1ccccc1)C2. The predicted molar refractivity (Wildman–Crippen MR) is 99.4 cm³/mol. The lowest BCUT2D eigenvalue weighted by Gasteiger charge is -2.23. The first-order valence-electron chi connectivity index (χ1n) is 9.12. The van der Waals surface area contributed by atoms with E-state index >= 15 is 0 Å². The summed E-state index contributed by atoms with van der Waals surface area (Å²) in [5.41, 5.74) is 3.89. The number of nitrogens with zero attached hydrogens (tertiary/aromatic N) is 2. The minimum atomic E-state index is -0.324. The molecule has 0 spiro atoms. The van der Waals surface area contributed by atoms with E-state index in [1.165, 1.54) is 6.07 Å². The number of halogens is 1. The number of Topliss-reactive ketones (excluding diaryl/α,β-unsaturated/α-hetero) is 1. The lowest BCUT2D eigenvalue weighted by molar-refractivity contribution is 0.0963. The van der Waals surface area contributed by atoms with E-state index in [9.17, 15) is 9.18 Å². The van der Waals surface area contributed by atoms with Crippen LogP contribution in [0, 0.1) is 5.82 Å². The number of hydrogen-bond acceptors (Lipinski definition) is 2. The summed E-state index contributed by atoms with van der Waals surface area (Å²) >= 11 is 0. The first kappa shape index (κ1) is 16.7. The second kappa shape index (κ2) is 6.87. The average molecular weight is 348 g/mol. The maximum Gasteiger partial charge on any atom is 0.167 e. The molecule has 0 N–H and O–H groups in total. The minimum Gasteiger partial charge on any atom is -0.294 e. The molecule has 0 bridgehead atoms. The Kier molecular flexibility index (Phi) is 4.41. The van der Waals surface area contributed by atoms with Gasteiger partial charge in [-0.25, -0.2) is 9.07 Å². The predicted octanol–water partition coefficient (Wildman–Crippen LogP) is 4.88. The van der Waals surface area contributed by atoms with Gasteiger partial charge in [-0.1, -0.05) is 55.8 Å². The lowest BCUT2D eigenvalue weighted by atomic mass is 9.81. The maximum absolute atomic E-state index is 14.4. The van der Waals surface area contributed by atoms with E-state index < -0.39 is 0 Å². The quantitative estimate of drug-likeness (QED) is 0.674. The normalized spacial score (nSPS) is 16.5. The zero-order valence-corrected chi connectivity index (χ0v) is 14.8. The molecule has 0 radical (unpaired) electrons. The van der Waals surface area contributed by atoms with Crippen molar-refractivity contribution in [3.8, 4) is 5.69 Å². The fourth-order valence-electron chi connectivity index (χ4n) is 3.84. The highest BCUT2D eigenvalue weighted by molar-refractivity contribution is 6.00. The Morgan fingerprint density at radius 3 is 2.54 bits per heavy atom. The van der Waals surface area contributed by atoms with Crippen molar-refractivity contribution in [1.29, 1.82) is 0 Å². The Labute approximate surface area is 152 Å². The van der Waals surface area contributed by atoms with Gasteiger partial charge in [-0.05, 0) is 36.5 Å². The molecule has 0 fully saturated rings. The van der Waals surface area contributed by atoms with E-state index in [1.54, 1.807) is 22.9 Å². The van der Waals surface area contributed by atoms with Crippen molar-refractivity contribution in [2.24, 2.45) is 0 Å². The Hall–Kier alpha value is -2.75. The van der Waals surface area contributed by atoms with Crippen molar-refractivity contribution >= 4 is 5.78 Å². The molecule has 3 nitrogen and oxygen atoms in total. The molecule has 1 aromatic heterocycles. The van der Waals surface area contributed by atoms with Crippen LogP contribution in [0.1, 0.15) is 53.0 Å². The van der Waals surface area contributed by atoms with Crippen molar-refractivity contribution < 1.29 is 9.18 Å². The van der Waals surface area contributed by atoms with Gasteiger partial charge in [-0.3, -0.25) is 4.79 Å². The van der Waals surface area contributed by atoms with Gasteiger partial charge in [0.15, 0.2) is 5.78 Å². The van der Waals surface area contributed by atoms with Crippen LogP contribution in [0.2, 0.25) is 0 Å². The van der Waals surface area contributed by atoms with E-state index in [0.29, 0.717) is 24.1 Å². The average Bonchev–Trinajstić information content (AvgIpc) is 3.02. The molecular formula is C22H21FN2O. The molecule has 2 aromatic carbocycles. The molecule has 132 valence electrons. The van der Waals surface area contributed by atoms with Gasteiger partial charge < -0.3 is 0 Å². The summed E-state index contributed by atoms with van der Waals surface area (Å²) in [6.07, 6.45) is 2.80.